The van der Waals surface area contributed by atoms with Gasteiger partial charge < -0.3 is 0 Å². The molecule has 5 aliphatic carbocycles. The summed E-state index contributed by atoms with van der Waals surface area (Å²) in [5, 5.41) is 0. The van der Waals surface area contributed by atoms with Gasteiger partial charge in [-0.05, 0) is 22.3 Å². The fraction of sp³-hybridized carbons (Fsp3) is 0.182. The summed E-state index contributed by atoms with van der Waals surface area (Å²) in [6.07, 6.45) is 32.0. The summed E-state index contributed by atoms with van der Waals surface area (Å²) in [4.78, 5) is 0. The minimum absolute atomic E-state index is 0.516. The Labute approximate surface area is 131 Å². The van der Waals surface area contributed by atoms with E-state index in [-0.39, 0.29) is 0 Å². The van der Waals surface area contributed by atoms with E-state index in [1.165, 1.54) is 22.3 Å². The van der Waals surface area contributed by atoms with Gasteiger partial charge >= 0.3 is 0 Å². The second-order valence-corrected chi connectivity index (χ2v) is 6.59. The second kappa shape index (κ2) is 4.58. The highest BCUT2D eigenvalue weighted by atomic mass is 14.4. The van der Waals surface area contributed by atoms with Crippen LogP contribution in [0.3, 0.4) is 0 Å². The minimum atomic E-state index is 0.516. The van der Waals surface area contributed by atoms with Crippen molar-refractivity contribution < 1.29 is 0 Å². The van der Waals surface area contributed by atoms with Gasteiger partial charge in [0.25, 0.3) is 0 Å². The van der Waals surface area contributed by atoms with Crippen LogP contribution in [0.2, 0.25) is 0 Å². The molecule has 0 heterocycles. The predicted molar refractivity (Wildman–Crippen MR) is 92.0 cm³/mol. The molecule has 5 rings (SSSR count). The normalized spacial score (nSPS) is 36.4. The van der Waals surface area contributed by atoms with E-state index in [2.05, 4.69) is 85.1 Å². The van der Waals surface area contributed by atoms with Gasteiger partial charge in [0.1, 0.15) is 0 Å². The van der Waals surface area contributed by atoms with E-state index < -0.39 is 0 Å². The summed E-state index contributed by atoms with van der Waals surface area (Å²) in [5.41, 5.74) is 5.88. The summed E-state index contributed by atoms with van der Waals surface area (Å²) in [5.74, 6) is 2.15. The number of hydrogen-bond donors (Lipinski definition) is 0. The number of fused-ring (bicyclic) bond motifs is 7. The first-order valence-electron chi connectivity index (χ1n) is 8.13. The van der Waals surface area contributed by atoms with Crippen molar-refractivity contribution in [2.45, 2.75) is 0 Å². The molecule has 4 atom stereocenters. The van der Waals surface area contributed by atoms with Crippen LogP contribution in [0.25, 0.3) is 0 Å². The highest BCUT2D eigenvalue weighted by molar-refractivity contribution is 5.54. The lowest BCUT2D eigenvalue weighted by Crippen LogP contribution is -2.36. The van der Waals surface area contributed by atoms with E-state index in [0.29, 0.717) is 23.7 Å². The molecule has 106 valence electrons. The fourth-order valence-corrected chi connectivity index (χ4v) is 4.54. The smallest absolute Gasteiger partial charge is 0.00960 e. The Bertz CT molecular complexity index is 731. The summed E-state index contributed by atoms with van der Waals surface area (Å²) >= 11 is 0. The quantitative estimate of drug-likeness (QED) is 0.586. The summed E-state index contributed by atoms with van der Waals surface area (Å²) < 4.78 is 0. The number of allylic oxidation sites excluding steroid dienone is 18. The lowest BCUT2D eigenvalue weighted by Gasteiger charge is -2.44. The highest BCUT2D eigenvalue weighted by Gasteiger charge is 2.42. The van der Waals surface area contributed by atoms with Crippen LogP contribution in [-0.2, 0) is 0 Å². The maximum absolute atomic E-state index is 2.39. The molecular formula is C22H18. The van der Waals surface area contributed by atoms with Crippen molar-refractivity contribution in [2.24, 2.45) is 23.7 Å². The van der Waals surface area contributed by atoms with Crippen LogP contribution >= 0.6 is 0 Å². The lowest BCUT2D eigenvalue weighted by atomic mass is 9.59. The molecule has 22 heavy (non-hydrogen) atoms. The molecule has 0 radical (unpaired) electrons. The first kappa shape index (κ1) is 12.2. The van der Waals surface area contributed by atoms with Gasteiger partial charge in [0.15, 0.2) is 0 Å². The Balaban J connectivity index is 1.66. The molecule has 0 aromatic carbocycles. The van der Waals surface area contributed by atoms with Crippen LogP contribution in [-0.4, -0.2) is 0 Å². The van der Waals surface area contributed by atoms with E-state index in [0.717, 1.165) is 0 Å². The first-order chi connectivity index (χ1) is 10.9. The van der Waals surface area contributed by atoms with Gasteiger partial charge in [0.05, 0.1) is 0 Å². The lowest BCUT2D eigenvalue weighted by molar-refractivity contribution is 0.326. The van der Waals surface area contributed by atoms with Crippen LogP contribution in [0.1, 0.15) is 0 Å². The van der Waals surface area contributed by atoms with E-state index in [1.54, 1.807) is 0 Å². The topological polar surface area (TPSA) is 0 Å². The molecule has 0 spiro atoms. The van der Waals surface area contributed by atoms with Crippen LogP contribution < -0.4 is 0 Å². The van der Waals surface area contributed by atoms with Gasteiger partial charge in [-0.15, -0.1) is 0 Å². The van der Waals surface area contributed by atoms with Crippen molar-refractivity contribution >= 4 is 0 Å². The Morgan fingerprint density at radius 3 is 1.41 bits per heavy atom. The monoisotopic (exact) mass is 282 g/mol. The first-order valence-corrected chi connectivity index (χ1v) is 8.13. The molecule has 5 aliphatic rings. The van der Waals surface area contributed by atoms with Crippen molar-refractivity contribution in [2.75, 3.05) is 0 Å². The molecule has 0 heteroatoms. The van der Waals surface area contributed by atoms with Gasteiger partial charge in [-0.25, -0.2) is 0 Å². The average molecular weight is 282 g/mol. The summed E-state index contributed by atoms with van der Waals surface area (Å²) in [6.45, 7) is 0. The SMILES string of the molecule is C1=CC2=CC=C3C=CC4=CC=C5C=CC=CC5C4C3C2C=C1. The summed E-state index contributed by atoms with van der Waals surface area (Å²) in [6, 6.07) is 0. The van der Waals surface area contributed by atoms with Crippen molar-refractivity contribution in [1.82, 2.24) is 0 Å². The Morgan fingerprint density at radius 1 is 0.455 bits per heavy atom. The molecule has 0 aliphatic heterocycles. The molecule has 4 unspecified atom stereocenters. The Hall–Kier alpha value is -2.34. The van der Waals surface area contributed by atoms with Gasteiger partial charge in [-0.3, -0.25) is 0 Å². The van der Waals surface area contributed by atoms with Crippen LogP contribution in [0.5, 0.6) is 0 Å². The van der Waals surface area contributed by atoms with Crippen LogP contribution in [0.15, 0.2) is 107 Å². The molecule has 0 nitrogen and oxygen atoms in total. The van der Waals surface area contributed by atoms with E-state index in [1.807, 2.05) is 0 Å². The molecule has 0 aromatic heterocycles. The highest BCUT2D eigenvalue weighted by Crippen LogP contribution is 2.51. The van der Waals surface area contributed by atoms with Gasteiger partial charge in [0.2, 0.25) is 0 Å². The van der Waals surface area contributed by atoms with Crippen molar-refractivity contribution in [3.8, 4) is 0 Å². The molecular weight excluding hydrogens is 264 g/mol. The molecule has 0 saturated heterocycles. The third-order valence-electron chi connectivity index (χ3n) is 5.54. The third-order valence-corrected chi connectivity index (χ3v) is 5.54. The van der Waals surface area contributed by atoms with Crippen LogP contribution in [0.4, 0.5) is 0 Å². The van der Waals surface area contributed by atoms with Gasteiger partial charge in [-0.1, -0.05) is 85.1 Å². The van der Waals surface area contributed by atoms with E-state index in [9.17, 15) is 0 Å². The van der Waals surface area contributed by atoms with Gasteiger partial charge in [0, 0.05) is 23.7 Å². The molecule has 0 fully saturated rings. The molecule has 0 aromatic rings. The van der Waals surface area contributed by atoms with Crippen molar-refractivity contribution in [3.05, 3.63) is 107 Å². The molecule has 0 bridgehead atoms. The van der Waals surface area contributed by atoms with E-state index in [4.69, 9.17) is 0 Å². The average Bonchev–Trinajstić information content (AvgIpc) is 2.60. The molecule has 0 amide bonds. The predicted octanol–water partition coefficient (Wildman–Crippen LogP) is 5.01. The Morgan fingerprint density at radius 2 is 0.909 bits per heavy atom. The standard InChI is InChI=1S/C22H18/c1-3-7-19-15(5-1)9-11-17-13-14-18-12-10-16-6-2-4-8-20(16)22(18)21(17)19/h1-14,19-22H. The van der Waals surface area contributed by atoms with Crippen molar-refractivity contribution in [1.29, 1.82) is 0 Å². The summed E-state index contributed by atoms with van der Waals surface area (Å²) in [7, 11) is 0. The zero-order valence-electron chi connectivity index (χ0n) is 12.4. The number of rotatable bonds is 0. The van der Waals surface area contributed by atoms with Gasteiger partial charge in [-0.2, -0.15) is 0 Å². The Kier molecular flexibility index (Phi) is 2.54. The van der Waals surface area contributed by atoms with E-state index >= 15 is 0 Å². The van der Waals surface area contributed by atoms with Crippen LogP contribution in [0, 0.1) is 23.7 Å². The largest absolute Gasteiger partial charge is 0.0764 e. The molecule has 0 saturated carbocycles. The minimum Gasteiger partial charge on any atom is -0.0764 e. The maximum atomic E-state index is 2.39. The number of hydrogen-bond acceptors (Lipinski definition) is 0. The third kappa shape index (κ3) is 1.64. The molecule has 0 N–H and O–H groups in total. The zero-order chi connectivity index (χ0) is 14.5. The van der Waals surface area contributed by atoms with Crippen molar-refractivity contribution in [3.63, 3.8) is 0 Å². The fourth-order valence-electron chi connectivity index (χ4n) is 4.54. The zero-order valence-corrected chi connectivity index (χ0v) is 12.4. The second-order valence-electron chi connectivity index (χ2n) is 6.59. The maximum Gasteiger partial charge on any atom is 0.00960 e.